The van der Waals surface area contributed by atoms with Gasteiger partial charge >= 0.3 is 0 Å². The molecule has 1 aromatic heterocycles. The number of ether oxygens (including phenoxy) is 1. The van der Waals surface area contributed by atoms with Crippen LogP contribution in [0.2, 0.25) is 0 Å². The molecule has 0 atom stereocenters. The molecule has 0 aliphatic carbocycles. The lowest BCUT2D eigenvalue weighted by Gasteiger charge is -2.25. The first-order valence-corrected chi connectivity index (χ1v) is 6.88. The zero-order valence-corrected chi connectivity index (χ0v) is 12.4. The lowest BCUT2D eigenvalue weighted by atomic mass is 10.0. The Kier molecular flexibility index (Phi) is 5.66. The van der Waals surface area contributed by atoms with E-state index < -0.39 is 0 Å². The van der Waals surface area contributed by atoms with Crippen LogP contribution >= 0.6 is 0 Å². The molecule has 0 fully saturated rings. The molecule has 0 aromatic carbocycles. The van der Waals surface area contributed by atoms with Crippen molar-refractivity contribution in [3.05, 3.63) is 11.9 Å². The van der Waals surface area contributed by atoms with Crippen LogP contribution in [-0.2, 0) is 11.3 Å². The second-order valence-corrected chi connectivity index (χ2v) is 5.31. The molecule has 18 heavy (non-hydrogen) atoms. The minimum absolute atomic E-state index is 0.0788. The van der Waals surface area contributed by atoms with Gasteiger partial charge in [0.2, 0.25) is 5.95 Å². The summed E-state index contributed by atoms with van der Waals surface area (Å²) in [5, 5.41) is 3.51. The molecule has 1 heterocycles. The highest BCUT2D eigenvalue weighted by atomic mass is 16.5. The Balaban J connectivity index is 2.61. The van der Waals surface area contributed by atoms with Gasteiger partial charge < -0.3 is 14.6 Å². The van der Waals surface area contributed by atoms with Crippen LogP contribution in [0.4, 0.5) is 5.95 Å². The monoisotopic (exact) mass is 253 g/mol. The van der Waals surface area contributed by atoms with E-state index >= 15 is 0 Å². The first-order chi connectivity index (χ1) is 8.48. The SMILES string of the molecule is CCOCCCn1cc(C)nc1NC(C)(C)CC. The number of nitrogens with zero attached hydrogens (tertiary/aromatic N) is 2. The minimum atomic E-state index is 0.0788. The topological polar surface area (TPSA) is 39.1 Å². The van der Waals surface area contributed by atoms with Crippen LogP contribution in [0.25, 0.3) is 0 Å². The standard InChI is InChI=1S/C14H27N3O/c1-6-14(4,5)16-13-15-12(3)11-17(13)9-8-10-18-7-2/h11H,6-10H2,1-5H3,(H,15,16). The van der Waals surface area contributed by atoms with Gasteiger partial charge in [0.05, 0.1) is 5.69 Å². The summed E-state index contributed by atoms with van der Waals surface area (Å²) in [5.41, 5.74) is 1.14. The fourth-order valence-corrected chi connectivity index (χ4v) is 1.69. The Morgan fingerprint density at radius 1 is 1.39 bits per heavy atom. The van der Waals surface area contributed by atoms with E-state index in [9.17, 15) is 0 Å². The van der Waals surface area contributed by atoms with E-state index in [-0.39, 0.29) is 5.54 Å². The van der Waals surface area contributed by atoms with Gasteiger partial charge in [-0.25, -0.2) is 4.98 Å². The molecule has 0 aliphatic heterocycles. The van der Waals surface area contributed by atoms with Crippen molar-refractivity contribution in [2.45, 2.75) is 59.5 Å². The van der Waals surface area contributed by atoms with Crippen molar-refractivity contribution in [1.29, 1.82) is 0 Å². The second-order valence-electron chi connectivity index (χ2n) is 5.31. The van der Waals surface area contributed by atoms with Crippen molar-refractivity contribution < 1.29 is 4.74 Å². The van der Waals surface area contributed by atoms with Crippen molar-refractivity contribution in [3.63, 3.8) is 0 Å². The summed E-state index contributed by atoms with van der Waals surface area (Å²) in [6.45, 7) is 13.2. The van der Waals surface area contributed by atoms with Crippen molar-refractivity contribution in [2.24, 2.45) is 0 Å². The molecule has 0 saturated carbocycles. The maximum Gasteiger partial charge on any atom is 0.203 e. The first kappa shape index (κ1) is 15.0. The minimum Gasteiger partial charge on any atom is -0.382 e. The van der Waals surface area contributed by atoms with Crippen LogP contribution in [-0.4, -0.2) is 28.3 Å². The second kappa shape index (κ2) is 6.78. The first-order valence-electron chi connectivity index (χ1n) is 6.88. The van der Waals surface area contributed by atoms with Crippen molar-refractivity contribution in [3.8, 4) is 0 Å². The highest BCUT2D eigenvalue weighted by Gasteiger charge is 2.17. The fraction of sp³-hybridized carbons (Fsp3) is 0.786. The lowest BCUT2D eigenvalue weighted by molar-refractivity contribution is 0.142. The quantitative estimate of drug-likeness (QED) is 0.723. The zero-order chi connectivity index (χ0) is 13.6. The predicted molar refractivity (Wildman–Crippen MR) is 76.1 cm³/mol. The van der Waals surface area contributed by atoms with Gasteiger partial charge in [0.1, 0.15) is 0 Å². The maximum absolute atomic E-state index is 5.37. The number of imidazole rings is 1. The molecule has 1 aromatic rings. The number of aryl methyl sites for hydroxylation is 2. The lowest BCUT2D eigenvalue weighted by Crippen LogP contribution is -2.31. The maximum atomic E-state index is 5.37. The van der Waals surface area contributed by atoms with E-state index in [0.717, 1.165) is 44.2 Å². The molecule has 0 bridgehead atoms. The average molecular weight is 253 g/mol. The summed E-state index contributed by atoms with van der Waals surface area (Å²) < 4.78 is 7.56. The average Bonchev–Trinajstić information content (AvgIpc) is 2.64. The molecule has 0 unspecified atom stereocenters. The van der Waals surface area contributed by atoms with Crippen LogP contribution < -0.4 is 5.32 Å². The molecule has 0 amide bonds. The molecular formula is C14H27N3O. The Bertz CT molecular complexity index is 358. The van der Waals surface area contributed by atoms with Gasteiger partial charge in [-0.2, -0.15) is 0 Å². The van der Waals surface area contributed by atoms with Gasteiger partial charge in [0.25, 0.3) is 0 Å². The normalized spacial score (nSPS) is 11.8. The van der Waals surface area contributed by atoms with E-state index in [1.54, 1.807) is 0 Å². The fourth-order valence-electron chi connectivity index (χ4n) is 1.69. The number of anilines is 1. The highest BCUT2D eigenvalue weighted by molar-refractivity contribution is 5.32. The Morgan fingerprint density at radius 2 is 2.11 bits per heavy atom. The smallest absolute Gasteiger partial charge is 0.203 e. The Hall–Kier alpha value is -1.03. The predicted octanol–water partition coefficient (Wildman–Crippen LogP) is 3.22. The van der Waals surface area contributed by atoms with Gasteiger partial charge in [0.15, 0.2) is 0 Å². The zero-order valence-electron chi connectivity index (χ0n) is 12.4. The van der Waals surface area contributed by atoms with E-state index in [4.69, 9.17) is 4.74 Å². The molecule has 104 valence electrons. The summed E-state index contributed by atoms with van der Waals surface area (Å²) in [7, 11) is 0. The Morgan fingerprint density at radius 3 is 2.72 bits per heavy atom. The van der Waals surface area contributed by atoms with Crippen LogP contribution in [0.15, 0.2) is 6.20 Å². The third-order valence-electron chi connectivity index (χ3n) is 3.12. The molecule has 0 aliphatic rings. The molecule has 0 spiro atoms. The summed E-state index contributed by atoms with van der Waals surface area (Å²) in [6.07, 6.45) is 4.18. The van der Waals surface area contributed by atoms with Gasteiger partial charge in [-0.3, -0.25) is 0 Å². The number of aromatic nitrogens is 2. The molecule has 1 N–H and O–H groups in total. The molecule has 4 nitrogen and oxygen atoms in total. The molecule has 1 rings (SSSR count). The molecule has 0 radical (unpaired) electrons. The Labute approximate surface area is 111 Å². The van der Waals surface area contributed by atoms with E-state index in [0.29, 0.717) is 0 Å². The highest BCUT2D eigenvalue weighted by Crippen LogP contribution is 2.18. The number of hydrogen-bond donors (Lipinski definition) is 1. The van der Waals surface area contributed by atoms with Gasteiger partial charge in [0, 0.05) is 31.5 Å². The van der Waals surface area contributed by atoms with Gasteiger partial charge in [-0.05, 0) is 40.5 Å². The third kappa shape index (κ3) is 4.69. The largest absolute Gasteiger partial charge is 0.382 e. The summed E-state index contributed by atoms with van der Waals surface area (Å²) in [6, 6.07) is 0. The van der Waals surface area contributed by atoms with Crippen LogP contribution in [0.5, 0.6) is 0 Å². The number of hydrogen-bond acceptors (Lipinski definition) is 3. The summed E-state index contributed by atoms with van der Waals surface area (Å²) >= 11 is 0. The van der Waals surface area contributed by atoms with E-state index in [1.165, 1.54) is 0 Å². The van der Waals surface area contributed by atoms with Crippen molar-refractivity contribution >= 4 is 5.95 Å². The van der Waals surface area contributed by atoms with Crippen molar-refractivity contribution in [2.75, 3.05) is 18.5 Å². The molecular weight excluding hydrogens is 226 g/mol. The van der Waals surface area contributed by atoms with Gasteiger partial charge in [-0.15, -0.1) is 0 Å². The summed E-state index contributed by atoms with van der Waals surface area (Å²) in [5.74, 6) is 0.968. The van der Waals surface area contributed by atoms with E-state index in [1.807, 2.05) is 13.8 Å². The molecule has 0 saturated heterocycles. The van der Waals surface area contributed by atoms with Crippen LogP contribution in [0, 0.1) is 6.92 Å². The number of nitrogens with one attached hydrogen (secondary N) is 1. The summed E-state index contributed by atoms with van der Waals surface area (Å²) in [4.78, 5) is 4.55. The third-order valence-corrected chi connectivity index (χ3v) is 3.12. The van der Waals surface area contributed by atoms with Gasteiger partial charge in [-0.1, -0.05) is 6.92 Å². The van der Waals surface area contributed by atoms with E-state index in [2.05, 4.69) is 41.8 Å². The molecule has 4 heteroatoms. The van der Waals surface area contributed by atoms with Crippen LogP contribution in [0.3, 0.4) is 0 Å². The number of rotatable bonds is 8. The van der Waals surface area contributed by atoms with Crippen molar-refractivity contribution in [1.82, 2.24) is 9.55 Å². The van der Waals surface area contributed by atoms with Crippen LogP contribution in [0.1, 0.15) is 46.2 Å².